The van der Waals surface area contributed by atoms with Gasteiger partial charge in [0.1, 0.15) is 0 Å². The third kappa shape index (κ3) is 4.95. The van der Waals surface area contributed by atoms with Gasteiger partial charge in [-0.3, -0.25) is 0 Å². The lowest BCUT2D eigenvalue weighted by molar-refractivity contribution is 0.554. The molecule has 1 unspecified atom stereocenters. The predicted molar refractivity (Wildman–Crippen MR) is 62.3 cm³/mol. The smallest absolute Gasteiger partial charge is 0.215 e. The van der Waals surface area contributed by atoms with Gasteiger partial charge in [-0.2, -0.15) is 0 Å². The second kappa shape index (κ2) is 5.82. The first-order valence-corrected chi connectivity index (χ1v) is 7.32. The Morgan fingerprint density at radius 1 is 1.40 bits per heavy atom. The van der Waals surface area contributed by atoms with Crippen LogP contribution < -0.4 is 10.0 Å². The summed E-state index contributed by atoms with van der Waals surface area (Å²) >= 11 is 0. The SMILES string of the molecule is CCCCNS(=O)(=O)C(C)CNC1CC1. The molecule has 1 aliphatic rings. The molecule has 1 fully saturated rings. The quantitative estimate of drug-likeness (QED) is 0.612. The lowest BCUT2D eigenvalue weighted by atomic mass is 10.3. The lowest BCUT2D eigenvalue weighted by Gasteiger charge is -2.14. The Balaban J connectivity index is 2.23. The van der Waals surface area contributed by atoms with Crippen LogP contribution in [0.2, 0.25) is 0 Å². The van der Waals surface area contributed by atoms with Gasteiger partial charge in [-0.15, -0.1) is 0 Å². The molecule has 0 aliphatic heterocycles. The lowest BCUT2D eigenvalue weighted by Crippen LogP contribution is -2.39. The second-order valence-electron chi connectivity index (χ2n) is 4.29. The zero-order valence-corrected chi connectivity index (χ0v) is 10.4. The van der Waals surface area contributed by atoms with Crippen molar-refractivity contribution in [2.45, 2.75) is 50.8 Å². The number of sulfonamides is 1. The summed E-state index contributed by atoms with van der Waals surface area (Å²) in [6, 6.07) is 0.568. The minimum absolute atomic E-state index is 0.338. The molecule has 0 heterocycles. The van der Waals surface area contributed by atoms with Crippen LogP contribution >= 0.6 is 0 Å². The number of unbranched alkanes of at least 4 members (excludes halogenated alkanes) is 1. The van der Waals surface area contributed by atoms with Crippen LogP contribution in [0, 0.1) is 0 Å². The van der Waals surface area contributed by atoms with Crippen molar-refractivity contribution in [1.29, 1.82) is 0 Å². The molecule has 0 aromatic rings. The van der Waals surface area contributed by atoms with Crippen LogP contribution in [0.25, 0.3) is 0 Å². The summed E-state index contributed by atoms with van der Waals surface area (Å²) < 4.78 is 26.0. The van der Waals surface area contributed by atoms with Crippen molar-refractivity contribution in [1.82, 2.24) is 10.0 Å². The minimum Gasteiger partial charge on any atom is -0.313 e. The Bertz CT molecular complexity index is 273. The van der Waals surface area contributed by atoms with Gasteiger partial charge in [0.25, 0.3) is 0 Å². The van der Waals surface area contributed by atoms with E-state index in [1.165, 1.54) is 12.8 Å². The van der Waals surface area contributed by atoms with Crippen molar-refractivity contribution in [3.63, 3.8) is 0 Å². The highest BCUT2D eigenvalue weighted by Crippen LogP contribution is 2.18. The van der Waals surface area contributed by atoms with E-state index in [4.69, 9.17) is 0 Å². The molecule has 0 amide bonds. The van der Waals surface area contributed by atoms with Crippen molar-refractivity contribution in [2.75, 3.05) is 13.1 Å². The summed E-state index contributed by atoms with van der Waals surface area (Å²) in [5.74, 6) is 0. The van der Waals surface area contributed by atoms with E-state index in [1.54, 1.807) is 6.92 Å². The fourth-order valence-electron chi connectivity index (χ4n) is 1.26. The van der Waals surface area contributed by atoms with E-state index in [-0.39, 0.29) is 5.25 Å². The third-order valence-corrected chi connectivity index (χ3v) is 4.47. The fourth-order valence-corrected chi connectivity index (χ4v) is 2.29. The number of hydrogen-bond acceptors (Lipinski definition) is 3. The molecule has 15 heavy (non-hydrogen) atoms. The highest BCUT2D eigenvalue weighted by molar-refractivity contribution is 7.90. The van der Waals surface area contributed by atoms with Crippen LogP contribution in [0.5, 0.6) is 0 Å². The summed E-state index contributed by atoms with van der Waals surface area (Å²) in [4.78, 5) is 0. The van der Waals surface area contributed by atoms with Crippen LogP contribution in [0.4, 0.5) is 0 Å². The molecule has 1 saturated carbocycles. The first kappa shape index (κ1) is 12.9. The van der Waals surface area contributed by atoms with Gasteiger partial charge in [0.15, 0.2) is 0 Å². The Hall–Kier alpha value is -0.130. The van der Waals surface area contributed by atoms with Crippen molar-refractivity contribution < 1.29 is 8.42 Å². The van der Waals surface area contributed by atoms with Crippen molar-refractivity contribution in [3.8, 4) is 0 Å². The summed E-state index contributed by atoms with van der Waals surface area (Å²) in [5, 5.41) is 2.90. The third-order valence-electron chi connectivity index (χ3n) is 2.63. The Kier molecular flexibility index (Phi) is 5.02. The highest BCUT2D eigenvalue weighted by atomic mass is 32.2. The number of nitrogens with one attached hydrogen (secondary N) is 2. The molecule has 0 saturated heterocycles. The first-order valence-electron chi connectivity index (χ1n) is 5.78. The van der Waals surface area contributed by atoms with Gasteiger partial charge in [0.05, 0.1) is 5.25 Å². The van der Waals surface area contributed by atoms with Gasteiger partial charge in [-0.1, -0.05) is 13.3 Å². The summed E-state index contributed by atoms with van der Waals surface area (Å²) in [7, 11) is -3.11. The minimum atomic E-state index is -3.11. The normalized spacial score (nSPS) is 19.1. The van der Waals surface area contributed by atoms with Crippen molar-refractivity contribution >= 4 is 10.0 Å². The predicted octanol–water partition coefficient (Wildman–Crippen LogP) is 0.846. The van der Waals surface area contributed by atoms with E-state index in [0.717, 1.165) is 12.8 Å². The van der Waals surface area contributed by atoms with Gasteiger partial charge in [-0.05, 0) is 26.2 Å². The average Bonchev–Trinajstić information content (AvgIpc) is 2.97. The second-order valence-corrected chi connectivity index (χ2v) is 6.47. The topological polar surface area (TPSA) is 58.2 Å². The van der Waals surface area contributed by atoms with E-state index in [9.17, 15) is 8.42 Å². The van der Waals surface area contributed by atoms with Crippen molar-refractivity contribution in [2.24, 2.45) is 0 Å². The molecule has 0 bridgehead atoms. The van der Waals surface area contributed by atoms with Gasteiger partial charge < -0.3 is 5.32 Å². The molecule has 1 rings (SSSR count). The van der Waals surface area contributed by atoms with Crippen LogP contribution in [-0.2, 0) is 10.0 Å². The molecule has 2 N–H and O–H groups in total. The maximum atomic E-state index is 11.7. The number of hydrogen-bond donors (Lipinski definition) is 2. The maximum absolute atomic E-state index is 11.7. The molecule has 4 nitrogen and oxygen atoms in total. The molecular weight excluding hydrogens is 212 g/mol. The Morgan fingerprint density at radius 2 is 2.07 bits per heavy atom. The van der Waals surface area contributed by atoms with E-state index in [0.29, 0.717) is 19.1 Å². The zero-order chi connectivity index (χ0) is 11.3. The average molecular weight is 234 g/mol. The molecule has 0 spiro atoms. The summed E-state index contributed by atoms with van der Waals surface area (Å²) in [5.41, 5.74) is 0. The molecule has 0 aromatic carbocycles. The fraction of sp³-hybridized carbons (Fsp3) is 1.00. The molecule has 1 atom stereocenters. The molecule has 1 aliphatic carbocycles. The van der Waals surface area contributed by atoms with Crippen LogP contribution in [-0.4, -0.2) is 32.8 Å². The van der Waals surface area contributed by atoms with E-state index >= 15 is 0 Å². The monoisotopic (exact) mass is 234 g/mol. The zero-order valence-electron chi connectivity index (χ0n) is 9.62. The number of rotatable bonds is 8. The molecule has 0 radical (unpaired) electrons. The molecule has 90 valence electrons. The van der Waals surface area contributed by atoms with Crippen LogP contribution in [0.3, 0.4) is 0 Å². The van der Waals surface area contributed by atoms with E-state index in [2.05, 4.69) is 10.0 Å². The molecule has 5 heteroatoms. The molecular formula is C10H22N2O2S. The van der Waals surface area contributed by atoms with E-state index in [1.807, 2.05) is 6.92 Å². The first-order chi connectivity index (χ1) is 7.06. The largest absolute Gasteiger partial charge is 0.313 e. The summed E-state index contributed by atoms with van der Waals surface area (Å²) in [6.07, 6.45) is 4.30. The van der Waals surface area contributed by atoms with Gasteiger partial charge >= 0.3 is 0 Å². The highest BCUT2D eigenvalue weighted by Gasteiger charge is 2.25. The Labute approximate surface area is 92.9 Å². The molecule has 0 aromatic heterocycles. The standard InChI is InChI=1S/C10H22N2O2S/c1-3-4-7-12-15(13,14)9(2)8-11-10-5-6-10/h9-12H,3-8H2,1-2H3. The van der Waals surface area contributed by atoms with Crippen LogP contribution in [0.1, 0.15) is 39.5 Å². The van der Waals surface area contributed by atoms with Gasteiger partial charge in [-0.25, -0.2) is 13.1 Å². The maximum Gasteiger partial charge on any atom is 0.215 e. The summed E-state index contributed by atoms with van der Waals surface area (Å²) in [6.45, 7) is 4.93. The van der Waals surface area contributed by atoms with Crippen molar-refractivity contribution in [3.05, 3.63) is 0 Å². The Morgan fingerprint density at radius 3 is 2.60 bits per heavy atom. The van der Waals surface area contributed by atoms with E-state index < -0.39 is 10.0 Å². The van der Waals surface area contributed by atoms with Crippen LogP contribution in [0.15, 0.2) is 0 Å². The van der Waals surface area contributed by atoms with Gasteiger partial charge in [0, 0.05) is 19.1 Å². The van der Waals surface area contributed by atoms with Gasteiger partial charge in [0.2, 0.25) is 10.0 Å².